The summed E-state index contributed by atoms with van der Waals surface area (Å²) < 4.78 is 6.97. The number of ether oxygens (including phenoxy) is 1. The second-order valence-electron chi connectivity index (χ2n) is 3.55. The third-order valence-electron chi connectivity index (χ3n) is 2.30. The Morgan fingerprint density at radius 2 is 2.19 bits per heavy atom. The molecule has 2 aromatic rings. The molecule has 0 aliphatic rings. The number of nitrogens with zero attached hydrogens (tertiary/aromatic N) is 4. The number of hydrogen-bond donors (Lipinski definition) is 0. The van der Waals surface area contributed by atoms with Gasteiger partial charge in [-0.3, -0.25) is 4.98 Å². The molecule has 0 aliphatic heterocycles. The summed E-state index contributed by atoms with van der Waals surface area (Å²) in [7, 11) is 1.64. The smallest absolute Gasteiger partial charge is 0.147 e. The molecule has 0 atom stereocenters. The summed E-state index contributed by atoms with van der Waals surface area (Å²) in [5.74, 6) is 2.47. The maximum atomic E-state index is 5.14. The minimum Gasteiger partial charge on any atom is -0.497 e. The molecule has 0 spiro atoms. The summed E-state index contributed by atoms with van der Waals surface area (Å²) in [6.07, 6.45) is 1.73. The molecule has 0 saturated heterocycles. The highest BCUT2D eigenvalue weighted by molar-refractivity contribution is 5.22. The van der Waals surface area contributed by atoms with Gasteiger partial charge in [-0.05, 0) is 19.9 Å². The Morgan fingerprint density at radius 1 is 1.38 bits per heavy atom. The van der Waals surface area contributed by atoms with Gasteiger partial charge in [0.2, 0.25) is 0 Å². The molecule has 0 saturated carbocycles. The molecular weight excluding hydrogens is 204 g/mol. The minimum atomic E-state index is 0.615. The Morgan fingerprint density at radius 3 is 2.81 bits per heavy atom. The largest absolute Gasteiger partial charge is 0.497 e. The molecule has 0 aliphatic carbocycles. The zero-order valence-corrected chi connectivity index (χ0v) is 9.64. The molecule has 0 N–H and O–H groups in total. The van der Waals surface area contributed by atoms with Gasteiger partial charge in [0.15, 0.2) is 0 Å². The Labute approximate surface area is 94.1 Å². The fourth-order valence-electron chi connectivity index (χ4n) is 1.53. The number of aromatic nitrogens is 4. The van der Waals surface area contributed by atoms with Crippen LogP contribution in [0.25, 0.3) is 0 Å². The van der Waals surface area contributed by atoms with Crippen LogP contribution in [0.2, 0.25) is 0 Å². The highest BCUT2D eigenvalue weighted by Crippen LogP contribution is 2.11. The molecular formula is C11H14N4O. The van der Waals surface area contributed by atoms with Crippen LogP contribution < -0.4 is 4.74 Å². The Balaban J connectivity index is 2.23. The van der Waals surface area contributed by atoms with Crippen LogP contribution in [0.1, 0.15) is 17.3 Å². The van der Waals surface area contributed by atoms with E-state index in [0.717, 1.165) is 23.1 Å². The zero-order valence-electron chi connectivity index (χ0n) is 9.64. The van der Waals surface area contributed by atoms with Gasteiger partial charge >= 0.3 is 0 Å². The molecule has 0 amide bonds. The molecule has 0 unspecified atom stereocenters. The van der Waals surface area contributed by atoms with Gasteiger partial charge in [-0.1, -0.05) is 0 Å². The molecule has 0 radical (unpaired) electrons. The molecule has 0 fully saturated rings. The average Bonchev–Trinajstić information content (AvgIpc) is 2.58. The van der Waals surface area contributed by atoms with Crippen LogP contribution in [0, 0.1) is 13.8 Å². The second kappa shape index (κ2) is 4.30. The van der Waals surface area contributed by atoms with Crippen LogP contribution in [-0.4, -0.2) is 26.9 Å². The molecule has 84 valence electrons. The summed E-state index contributed by atoms with van der Waals surface area (Å²) in [6.45, 7) is 4.42. The van der Waals surface area contributed by atoms with Crippen molar-refractivity contribution >= 4 is 0 Å². The zero-order chi connectivity index (χ0) is 11.5. The lowest BCUT2D eigenvalue weighted by molar-refractivity contribution is 0.413. The quantitative estimate of drug-likeness (QED) is 0.780. The molecule has 2 rings (SSSR count). The first kappa shape index (κ1) is 10.6. The maximum Gasteiger partial charge on any atom is 0.147 e. The van der Waals surface area contributed by atoms with Crippen LogP contribution in [-0.2, 0) is 6.54 Å². The van der Waals surface area contributed by atoms with Crippen molar-refractivity contribution in [2.75, 3.05) is 7.11 Å². The van der Waals surface area contributed by atoms with E-state index < -0.39 is 0 Å². The lowest BCUT2D eigenvalue weighted by atomic mass is 10.3. The van der Waals surface area contributed by atoms with Crippen molar-refractivity contribution in [3.63, 3.8) is 0 Å². The topological polar surface area (TPSA) is 52.8 Å². The molecule has 5 heteroatoms. The Kier molecular flexibility index (Phi) is 2.85. The number of aryl methyl sites for hydroxylation is 2. The standard InChI is InChI=1S/C11H14N4O/c1-8-13-9(2)15(14-8)7-10-6-11(16-3)4-5-12-10/h4-6H,7H2,1-3H3. The van der Waals surface area contributed by atoms with E-state index in [1.165, 1.54) is 0 Å². The predicted molar refractivity (Wildman–Crippen MR) is 59.4 cm³/mol. The van der Waals surface area contributed by atoms with Crippen molar-refractivity contribution in [1.29, 1.82) is 0 Å². The van der Waals surface area contributed by atoms with E-state index in [0.29, 0.717) is 6.54 Å². The highest BCUT2D eigenvalue weighted by Gasteiger charge is 2.04. The van der Waals surface area contributed by atoms with Crippen LogP contribution in [0.4, 0.5) is 0 Å². The Hall–Kier alpha value is -1.91. The lowest BCUT2D eigenvalue weighted by Crippen LogP contribution is -2.05. The molecule has 5 nitrogen and oxygen atoms in total. The fourth-order valence-corrected chi connectivity index (χ4v) is 1.53. The first-order valence-electron chi connectivity index (χ1n) is 5.06. The number of rotatable bonds is 3. The van der Waals surface area contributed by atoms with Gasteiger partial charge in [-0.15, -0.1) is 0 Å². The van der Waals surface area contributed by atoms with Crippen LogP contribution in [0.3, 0.4) is 0 Å². The van der Waals surface area contributed by atoms with Gasteiger partial charge in [-0.2, -0.15) is 5.10 Å². The van der Waals surface area contributed by atoms with Gasteiger partial charge in [0.25, 0.3) is 0 Å². The molecule has 0 aromatic carbocycles. The van der Waals surface area contributed by atoms with E-state index in [2.05, 4.69) is 15.1 Å². The summed E-state index contributed by atoms with van der Waals surface area (Å²) in [5.41, 5.74) is 0.910. The summed E-state index contributed by atoms with van der Waals surface area (Å²) in [5, 5.41) is 4.29. The predicted octanol–water partition coefficient (Wildman–Crippen LogP) is 1.35. The number of methoxy groups -OCH3 is 1. The van der Waals surface area contributed by atoms with Crippen LogP contribution >= 0.6 is 0 Å². The van der Waals surface area contributed by atoms with E-state index in [1.54, 1.807) is 13.3 Å². The van der Waals surface area contributed by atoms with Crippen molar-refractivity contribution in [3.05, 3.63) is 35.7 Å². The highest BCUT2D eigenvalue weighted by atomic mass is 16.5. The molecule has 0 bridgehead atoms. The van der Waals surface area contributed by atoms with Gasteiger partial charge < -0.3 is 4.74 Å². The SMILES string of the molecule is COc1ccnc(Cn2nc(C)nc2C)c1. The van der Waals surface area contributed by atoms with Crippen molar-refractivity contribution < 1.29 is 4.74 Å². The maximum absolute atomic E-state index is 5.14. The van der Waals surface area contributed by atoms with E-state index >= 15 is 0 Å². The van der Waals surface area contributed by atoms with E-state index in [-0.39, 0.29) is 0 Å². The fraction of sp³-hybridized carbons (Fsp3) is 0.364. The van der Waals surface area contributed by atoms with E-state index in [4.69, 9.17) is 4.74 Å². The average molecular weight is 218 g/mol. The van der Waals surface area contributed by atoms with Crippen molar-refractivity contribution in [3.8, 4) is 5.75 Å². The second-order valence-corrected chi connectivity index (χ2v) is 3.55. The lowest BCUT2D eigenvalue weighted by Gasteiger charge is -2.04. The first-order valence-corrected chi connectivity index (χ1v) is 5.06. The first-order chi connectivity index (χ1) is 7.69. The summed E-state index contributed by atoms with van der Waals surface area (Å²) in [4.78, 5) is 8.51. The van der Waals surface area contributed by atoms with Gasteiger partial charge in [0.1, 0.15) is 17.4 Å². The molecule has 2 heterocycles. The van der Waals surface area contributed by atoms with Crippen LogP contribution in [0.15, 0.2) is 18.3 Å². The Bertz CT molecular complexity index is 492. The molecule has 2 aromatic heterocycles. The van der Waals surface area contributed by atoms with Gasteiger partial charge in [-0.25, -0.2) is 9.67 Å². The van der Waals surface area contributed by atoms with Crippen molar-refractivity contribution in [2.45, 2.75) is 20.4 Å². The van der Waals surface area contributed by atoms with Crippen molar-refractivity contribution in [1.82, 2.24) is 19.7 Å². The summed E-state index contributed by atoms with van der Waals surface area (Å²) >= 11 is 0. The van der Waals surface area contributed by atoms with E-state index in [9.17, 15) is 0 Å². The summed E-state index contributed by atoms with van der Waals surface area (Å²) in [6, 6.07) is 3.72. The van der Waals surface area contributed by atoms with E-state index in [1.807, 2.05) is 30.7 Å². The number of pyridine rings is 1. The van der Waals surface area contributed by atoms with Crippen LogP contribution in [0.5, 0.6) is 5.75 Å². The third kappa shape index (κ3) is 2.18. The monoisotopic (exact) mass is 218 g/mol. The van der Waals surface area contributed by atoms with Crippen molar-refractivity contribution in [2.24, 2.45) is 0 Å². The molecule has 16 heavy (non-hydrogen) atoms. The van der Waals surface area contributed by atoms with Gasteiger partial charge in [0, 0.05) is 12.3 Å². The number of hydrogen-bond acceptors (Lipinski definition) is 4. The normalized spacial score (nSPS) is 10.4. The van der Waals surface area contributed by atoms with Gasteiger partial charge in [0.05, 0.1) is 19.3 Å². The third-order valence-corrected chi connectivity index (χ3v) is 2.30. The minimum absolute atomic E-state index is 0.615.